The van der Waals surface area contributed by atoms with E-state index in [0.29, 0.717) is 32.2 Å². The molecule has 1 aromatic rings. The lowest BCUT2D eigenvalue weighted by atomic mass is 10.2. The Balaban J connectivity index is 1.67. The van der Waals surface area contributed by atoms with E-state index >= 15 is 0 Å². The van der Waals surface area contributed by atoms with Crippen molar-refractivity contribution in [2.45, 2.75) is 13.8 Å². The van der Waals surface area contributed by atoms with Crippen LogP contribution < -0.4 is 9.47 Å². The number of methoxy groups -OCH3 is 1. The summed E-state index contributed by atoms with van der Waals surface area (Å²) in [6, 6.07) is 7.64. The minimum atomic E-state index is -0.200. The van der Waals surface area contributed by atoms with Crippen LogP contribution >= 0.6 is 0 Å². The molecule has 0 atom stereocenters. The molecular weight excluding hydrogens is 308 g/mol. The van der Waals surface area contributed by atoms with Crippen molar-refractivity contribution in [3.05, 3.63) is 24.3 Å². The third-order valence-corrected chi connectivity index (χ3v) is 3.90. The zero-order valence-corrected chi connectivity index (χ0v) is 14.9. The Hall–Kier alpha value is -1.95. The number of benzene rings is 1. The van der Waals surface area contributed by atoms with Gasteiger partial charge >= 0.3 is 6.09 Å². The Morgan fingerprint density at radius 1 is 1.12 bits per heavy atom. The summed E-state index contributed by atoms with van der Waals surface area (Å²) in [4.78, 5) is 16.0. The zero-order valence-electron chi connectivity index (χ0n) is 14.9. The first kappa shape index (κ1) is 18.4. The van der Waals surface area contributed by atoms with E-state index in [2.05, 4.69) is 4.90 Å². The van der Waals surface area contributed by atoms with Gasteiger partial charge in [0.1, 0.15) is 6.61 Å². The van der Waals surface area contributed by atoms with Gasteiger partial charge in [0.15, 0.2) is 11.5 Å². The Morgan fingerprint density at radius 2 is 1.79 bits per heavy atom. The highest BCUT2D eigenvalue weighted by Crippen LogP contribution is 2.25. The first-order valence-electron chi connectivity index (χ1n) is 8.50. The molecule has 1 fully saturated rings. The maximum absolute atomic E-state index is 11.9. The van der Waals surface area contributed by atoms with Gasteiger partial charge in [0.05, 0.1) is 13.7 Å². The maximum Gasteiger partial charge on any atom is 0.409 e. The van der Waals surface area contributed by atoms with Gasteiger partial charge in [-0.05, 0) is 18.1 Å². The molecule has 0 aromatic heterocycles. The van der Waals surface area contributed by atoms with Gasteiger partial charge in [0.2, 0.25) is 0 Å². The van der Waals surface area contributed by atoms with Crippen LogP contribution in [0, 0.1) is 5.92 Å². The summed E-state index contributed by atoms with van der Waals surface area (Å²) >= 11 is 0. The molecule has 2 rings (SSSR count). The fourth-order valence-corrected chi connectivity index (χ4v) is 2.51. The molecule has 0 bridgehead atoms. The molecule has 24 heavy (non-hydrogen) atoms. The van der Waals surface area contributed by atoms with Gasteiger partial charge in [0, 0.05) is 32.7 Å². The molecule has 134 valence electrons. The fourth-order valence-electron chi connectivity index (χ4n) is 2.51. The zero-order chi connectivity index (χ0) is 17.4. The Bertz CT molecular complexity index is 513. The van der Waals surface area contributed by atoms with Crippen molar-refractivity contribution in [3.63, 3.8) is 0 Å². The SMILES string of the molecule is COc1ccccc1OCCN1CCN(C(=O)OCC(C)C)CC1. The molecule has 1 aliphatic heterocycles. The van der Waals surface area contributed by atoms with Gasteiger partial charge < -0.3 is 19.1 Å². The third-order valence-electron chi connectivity index (χ3n) is 3.90. The number of nitrogens with zero attached hydrogens (tertiary/aromatic N) is 2. The number of hydrogen-bond donors (Lipinski definition) is 0. The van der Waals surface area contributed by atoms with Crippen LogP contribution in [-0.4, -0.2) is 68.9 Å². The number of amides is 1. The van der Waals surface area contributed by atoms with E-state index in [1.807, 2.05) is 38.1 Å². The van der Waals surface area contributed by atoms with E-state index in [1.54, 1.807) is 12.0 Å². The molecule has 6 nitrogen and oxygen atoms in total. The summed E-state index contributed by atoms with van der Waals surface area (Å²) < 4.78 is 16.3. The number of rotatable bonds is 7. The highest BCUT2D eigenvalue weighted by atomic mass is 16.6. The van der Waals surface area contributed by atoms with E-state index in [1.165, 1.54) is 0 Å². The van der Waals surface area contributed by atoms with Gasteiger partial charge in [-0.2, -0.15) is 0 Å². The van der Waals surface area contributed by atoms with Crippen molar-refractivity contribution in [2.24, 2.45) is 5.92 Å². The lowest BCUT2D eigenvalue weighted by Gasteiger charge is -2.34. The van der Waals surface area contributed by atoms with Crippen molar-refractivity contribution in [3.8, 4) is 11.5 Å². The number of para-hydroxylation sites is 2. The molecule has 0 spiro atoms. The van der Waals surface area contributed by atoms with Crippen LogP contribution in [0.2, 0.25) is 0 Å². The van der Waals surface area contributed by atoms with Gasteiger partial charge in [-0.15, -0.1) is 0 Å². The second-order valence-corrected chi connectivity index (χ2v) is 6.30. The Labute approximate surface area is 144 Å². The Morgan fingerprint density at radius 3 is 2.42 bits per heavy atom. The molecule has 1 saturated heterocycles. The van der Waals surface area contributed by atoms with Crippen molar-refractivity contribution in [1.82, 2.24) is 9.80 Å². The molecule has 1 aliphatic rings. The van der Waals surface area contributed by atoms with Gasteiger partial charge in [-0.1, -0.05) is 26.0 Å². The lowest BCUT2D eigenvalue weighted by Crippen LogP contribution is -2.49. The standard InChI is InChI=1S/C18H28N2O4/c1-15(2)14-24-18(21)20-10-8-19(9-11-20)12-13-23-17-7-5-4-6-16(17)22-3/h4-7,15H,8-14H2,1-3H3. The second-order valence-electron chi connectivity index (χ2n) is 6.30. The minimum absolute atomic E-state index is 0.200. The molecular formula is C18H28N2O4. The summed E-state index contributed by atoms with van der Waals surface area (Å²) in [5.74, 6) is 1.87. The van der Waals surface area contributed by atoms with Crippen LogP contribution in [0.3, 0.4) is 0 Å². The molecule has 0 saturated carbocycles. The average Bonchev–Trinajstić information content (AvgIpc) is 2.60. The van der Waals surface area contributed by atoms with Gasteiger partial charge in [-0.3, -0.25) is 4.90 Å². The first-order chi connectivity index (χ1) is 11.6. The highest BCUT2D eigenvalue weighted by molar-refractivity contribution is 5.67. The monoisotopic (exact) mass is 336 g/mol. The van der Waals surface area contributed by atoms with Crippen LogP contribution in [0.25, 0.3) is 0 Å². The molecule has 1 aromatic carbocycles. The van der Waals surface area contributed by atoms with Crippen molar-refractivity contribution in [2.75, 3.05) is 53.0 Å². The smallest absolute Gasteiger partial charge is 0.409 e. The molecule has 0 N–H and O–H groups in total. The van der Waals surface area contributed by atoms with Crippen LogP contribution in [0.15, 0.2) is 24.3 Å². The number of ether oxygens (including phenoxy) is 3. The van der Waals surface area contributed by atoms with E-state index in [4.69, 9.17) is 14.2 Å². The number of piperazine rings is 1. The lowest BCUT2D eigenvalue weighted by molar-refractivity contribution is 0.0659. The van der Waals surface area contributed by atoms with Crippen molar-refractivity contribution < 1.29 is 19.0 Å². The maximum atomic E-state index is 11.9. The molecule has 0 radical (unpaired) electrons. The number of hydrogen-bond acceptors (Lipinski definition) is 5. The molecule has 1 heterocycles. The first-order valence-corrected chi connectivity index (χ1v) is 8.50. The van der Waals surface area contributed by atoms with E-state index in [-0.39, 0.29) is 6.09 Å². The van der Waals surface area contributed by atoms with Gasteiger partial charge in [0.25, 0.3) is 0 Å². The van der Waals surface area contributed by atoms with E-state index in [9.17, 15) is 4.79 Å². The topological polar surface area (TPSA) is 51.2 Å². The Kier molecular flexibility index (Phi) is 7.18. The fraction of sp³-hybridized carbons (Fsp3) is 0.611. The molecule has 6 heteroatoms. The van der Waals surface area contributed by atoms with Crippen molar-refractivity contribution in [1.29, 1.82) is 0 Å². The van der Waals surface area contributed by atoms with Crippen LogP contribution in [0.5, 0.6) is 11.5 Å². The molecule has 0 unspecified atom stereocenters. The van der Waals surface area contributed by atoms with Crippen LogP contribution in [-0.2, 0) is 4.74 Å². The van der Waals surface area contributed by atoms with Crippen LogP contribution in [0.4, 0.5) is 4.79 Å². The minimum Gasteiger partial charge on any atom is -0.493 e. The quantitative estimate of drug-likeness (QED) is 0.766. The van der Waals surface area contributed by atoms with Gasteiger partial charge in [-0.25, -0.2) is 4.79 Å². The predicted molar refractivity (Wildman–Crippen MR) is 92.7 cm³/mol. The van der Waals surface area contributed by atoms with E-state index < -0.39 is 0 Å². The highest BCUT2D eigenvalue weighted by Gasteiger charge is 2.22. The van der Waals surface area contributed by atoms with Crippen molar-refractivity contribution >= 4 is 6.09 Å². The largest absolute Gasteiger partial charge is 0.493 e. The molecule has 0 aliphatic carbocycles. The molecule has 1 amide bonds. The van der Waals surface area contributed by atoms with E-state index in [0.717, 1.165) is 31.1 Å². The summed E-state index contributed by atoms with van der Waals surface area (Å²) in [5.41, 5.74) is 0. The average molecular weight is 336 g/mol. The summed E-state index contributed by atoms with van der Waals surface area (Å²) in [7, 11) is 1.64. The second kappa shape index (κ2) is 9.37. The predicted octanol–water partition coefficient (Wildman–Crippen LogP) is 2.48. The number of carbonyl (C=O) groups excluding carboxylic acids is 1. The third kappa shape index (κ3) is 5.60. The number of carbonyl (C=O) groups is 1. The summed E-state index contributed by atoms with van der Waals surface area (Å²) in [6.45, 7) is 9.05. The normalized spacial score (nSPS) is 15.4. The van der Waals surface area contributed by atoms with Crippen LogP contribution in [0.1, 0.15) is 13.8 Å². The summed E-state index contributed by atoms with van der Waals surface area (Å²) in [6.07, 6.45) is -0.200. The summed E-state index contributed by atoms with van der Waals surface area (Å²) in [5, 5.41) is 0.